The van der Waals surface area contributed by atoms with Crippen molar-refractivity contribution >= 4 is 27.7 Å². The number of amides is 1. The summed E-state index contributed by atoms with van der Waals surface area (Å²) in [4.78, 5) is 29.3. The predicted octanol–water partition coefficient (Wildman–Crippen LogP) is 4.30. The van der Waals surface area contributed by atoms with Crippen molar-refractivity contribution in [3.05, 3.63) is 70.1 Å². The van der Waals surface area contributed by atoms with Crippen LogP contribution in [0.1, 0.15) is 34.6 Å². The number of methoxy groups -OCH3 is 3. The van der Waals surface area contributed by atoms with Crippen molar-refractivity contribution in [2.75, 3.05) is 65.9 Å². The number of hydrogen-bond donors (Lipinski definition) is 1. The van der Waals surface area contributed by atoms with E-state index < -0.39 is 0 Å². The lowest BCUT2D eigenvalue weighted by Crippen LogP contribution is -2.48. The van der Waals surface area contributed by atoms with Crippen molar-refractivity contribution in [2.45, 2.75) is 32.0 Å². The van der Waals surface area contributed by atoms with Crippen LogP contribution in [0, 0.1) is 0 Å². The largest absolute Gasteiger partial charge is 0.493 e. The Hall–Kier alpha value is -3.41. The molecule has 224 valence electrons. The average Bonchev–Trinajstić information content (AvgIpc) is 3.47. The lowest BCUT2D eigenvalue weighted by atomic mass is 10.1. The van der Waals surface area contributed by atoms with Gasteiger partial charge in [-0.1, -0.05) is 28.1 Å². The number of hydrogen-bond acceptors (Lipinski definition) is 9. The van der Waals surface area contributed by atoms with E-state index in [4.69, 9.17) is 19.2 Å². The molecule has 0 spiro atoms. The van der Waals surface area contributed by atoms with Crippen LogP contribution in [0.25, 0.3) is 0 Å². The van der Waals surface area contributed by atoms with Crippen molar-refractivity contribution in [1.29, 1.82) is 0 Å². The Kier molecular flexibility index (Phi) is 10.1. The van der Waals surface area contributed by atoms with Gasteiger partial charge in [-0.2, -0.15) is 0 Å². The fraction of sp³-hybridized carbons (Fsp3) is 0.452. The Morgan fingerprint density at radius 1 is 0.952 bits per heavy atom. The molecule has 2 aliphatic heterocycles. The number of likely N-dealkylation sites (tertiary alicyclic amines) is 1. The van der Waals surface area contributed by atoms with Crippen LogP contribution in [0.3, 0.4) is 0 Å². The van der Waals surface area contributed by atoms with Crippen LogP contribution in [0.5, 0.6) is 17.2 Å². The van der Waals surface area contributed by atoms with Crippen molar-refractivity contribution in [2.24, 2.45) is 0 Å². The van der Waals surface area contributed by atoms with Crippen LogP contribution in [0.4, 0.5) is 5.82 Å². The molecule has 11 heteroatoms. The van der Waals surface area contributed by atoms with Crippen LogP contribution in [0.15, 0.2) is 53.1 Å². The van der Waals surface area contributed by atoms with Gasteiger partial charge in [-0.05, 0) is 55.3 Å². The molecule has 5 rings (SSSR count). The summed E-state index contributed by atoms with van der Waals surface area (Å²) in [6.07, 6.45) is 4.22. The number of anilines is 1. The van der Waals surface area contributed by atoms with Crippen molar-refractivity contribution in [3.8, 4) is 17.2 Å². The topological polar surface area (TPSA) is 92.3 Å². The molecule has 3 aromatic rings. The van der Waals surface area contributed by atoms with E-state index in [1.165, 1.54) is 18.4 Å². The number of rotatable bonds is 11. The molecule has 2 aromatic carbocycles. The van der Waals surface area contributed by atoms with Gasteiger partial charge in [-0.15, -0.1) is 0 Å². The highest BCUT2D eigenvalue weighted by Crippen LogP contribution is 2.38. The van der Waals surface area contributed by atoms with Crippen LogP contribution in [-0.2, 0) is 13.1 Å². The minimum atomic E-state index is -0.0579. The van der Waals surface area contributed by atoms with Crippen LogP contribution in [-0.4, -0.2) is 97.2 Å². The molecular formula is C31H39BrN6O4. The monoisotopic (exact) mass is 638 g/mol. The third kappa shape index (κ3) is 7.32. The molecule has 2 saturated heterocycles. The molecule has 0 radical (unpaired) electrons. The lowest BCUT2D eigenvalue weighted by Gasteiger charge is -2.34. The highest BCUT2D eigenvalue weighted by molar-refractivity contribution is 9.10. The van der Waals surface area contributed by atoms with E-state index in [1.54, 1.807) is 33.5 Å². The highest BCUT2D eigenvalue weighted by Gasteiger charge is 2.26. The molecule has 1 amide bonds. The van der Waals surface area contributed by atoms with E-state index in [2.05, 4.69) is 60.3 Å². The van der Waals surface area contributed by atoms with Gasteiger partial charge in [-0.3, -0.25) is 14.6 Å². The van der Waals surface area contributed by atoms with Gasteiger partial charge in [0.2, 0.25) is 5.75 Å². The zero-order valence-electron chi connectivity index (χ0n) is 24.5. The Morgan fingerprint density at radius 3 is 2.33 bits per heavy atom. The minimum Gasteiger partial charge on any atom is -0.493 e. The van der Waals surface area contributed by atoms with Gasteiger partial charge in [0.15, 0.2) is 11.5 Å². The van der Waals surface area contributed by atoms with Gasteiger partial charge in [-0.25, -0.2) is 9.97 Å². The Bertz CT molecular complexity index is 1320. The van der Waals surface area contributed by atoms with Crippen LogP contribution in [0.2, 0.25) is 0 Å². The van der Waals surface area contributed by atoms with E-state index in [9.17, 15) is 4.79 Å². The van der Waals surface area contributed by atoms with Crippen LogP contribution >= 0.6 is 15.9 Å². The van der Waals surface area contributed by atoms with E-state index in [0.29, 0.717) is 48.5 Å². The van der Waals surface area contributed by atoms with Gasteiger partial charge < -0.3 is 24.4 Å². The summed E-state index contributed by atoms with van der Waals surface area (Å²) < 4.78 is 17.3. The van der Waals surface area contributed by atoms with Crippen molar-refractivity contribution in [1.82, 2.24) is 24.7 Å². The first-order valence-electron chi connectivity index (χ1n) is 14.3. The summed E-state index contributed by atoms with van der Waals surface area (Å²) in [6, 6.07) is 14.4. The van der Waals surface area contributed by atoms with E-state index in [0.717, 1.165) is 48.8 Å². The molecule has 3 heterocycles. The molecular weight excluding hydrogens is 600 g/mol. The molecule has 0 bridgehead atoms. The van der Waals surface area contributed by atoms with Gasteiger partial charge in [0.25, 0.3) is 5.91 Å². The molecule has 42 heavy (non-hydrogen) atoms. The standard InChI is InChI=1S/C31H39BrN6O4/c1-40-26-17-23(18-27(41-2)30(26)42-3)31(39)37-15-13-36(14-16-37)21-29-33-11-10-28(35-29)34-19-25-5-4-12-38(25)20-22-6-8-24(32)9-7-22/h6-11,17-18,25H,4-5,12-16,19-21H2,1-3H3,(H,33,34,35). The van der Waals surface area contributed by atoms with Gasteiger partial charge in [0, 0.05) is 61.5 Å². The maximum absolute atomic E-state index is 13.3. The number of carbonyl (C=O) groups excluding carboxylic acids is 1. The number of halogens is 1. The zero-order chi connectivity index (χ0) is 29.5. The number of benzene rings is 2. The summed E-state index contributed by atoms with van der Waals surface area (Å²) in [7, 11) is 4.64. The Balaban J connectivity index is 1.12. The molecule has 1 N–H and O–H groups in total. The number of nitrogens with zero attached hydrogens (tertiary/aromatic N) is 5. The summed E-state index contributed by atoms with van der Waals surface area (Å²) in [5, 5.41) is 3.55. The highest BCUT2D eigenvalue weighted by atomic mass is 79.9. The Labute approximate surface area is 256 Å². The first kappa shape index (κ1) is 30.1. The molecule has 1 atom stereocenters. The van der Waals surface area contributed by atoms with Crippen molar-refractivity contribution < 1.29 is 19.0 Å². The fourth-order valence-corrected chi connectivity index (χ4v) is 5.92. The van der Waals surface area contributed by atoms with Crippen molar-refractivity contribution in [3.63, 3.8) is 0 Å². The molecule has 1 aromatic heterocycles. The van der Waals surface area contributed by atoms with Gasteiger partial charge >= 0.3 is 0 Å². The van der Waals surface area contributed by atoms with E-state index in [1.807, 2.05) is 17.2 Å². The summed E-state index contributed by atoms with van der Waals surface area (Å²) >= 11 is 3.52. The fourth-order valence-electron chi connectivity index (χ4n) is 5.65. The molecule has 0 saturated carbocycles. The quantitative estimate of drug-likeness (QED) is 0.330. The summed E-state index contributed by atoms with van der Waals surface area (Å²) in [5.41, 5.74) is 1.84. The molecule has 2 aliphatic rings. The first-order valence-corrected chi connectivity index (χ1v) is 15.1. The second kappa shape index (κ2) is 14.2. The third-order valence-corrected chi connectivity index (χ3v) is 8.49. The molecule has 0 aliphatic carbocycles. The molecule has 2 fully saturated rings. The van der Waals surface area contributed by atoms with E-state index in [-0.39, 0.29) is 5.91 Å². The van der Waals surface area contributed by atoms with Crippen LogP contribution < -0.4 is 19.5 Å². The normalized spacial score (nSPS) is 17.7. The predicted molar refractivity (Wildman–Crippen MR) is 165 cm³/mol. The average molecular weight is 640 g/mol. The van der Waals surface area contributed by atoms with Gasteiger partial charge in [0.05, 0.1) is 27.9 Å². The number of piperazine rings is 1. The minimum absolute atomic E-state index is 0.0579. The lowest BCUT2D eigenvalue weighted by molar-refractivity contribution is 0.0624. The SMILES string of the molecule is COc1cc(C(=O)N2CCN(Cc3nccc(NCC4CCCN4Cc4ccc(Br)cc4)n3)CC2)cc(OC)c1OC. The zero-order valence-corrected chi connectivity index (χ0v) is 26.1. The number of nitrogens with one attached hydrogen (secondary N) is 1. The van der Waals surface area contributed by atoms with Gasteiger partial charge in [0.1, 0.15) is 11.6 Å². The second-order valence-electron chi connectivity index (χ2n) is 10.6. The molecule has 10 nitrogen and oxygen atoms in total. The first-order chi connectivity index (χ1) is 20.5. The Morgan fingerprint density at radius 2 is 1.67 bits per heavy atom. The maximum Gasteiger partial charge on any atom is 0.254 e. The number of carbonyl (C=O) groups is 1. The number of ether oxygens (including phenoxy) is 3. The number of aromatic nitrogens is 2. The summed E-state index contributed by atoms with van der Waals surface area (Å²) in [5.74, 6) is 2.98. The summed E-state index contributed by atoms with van der Waals surface area (Å²) in [6.45, 7) is 6.28. The molecule has 1 unspecified atom stereocenters. The van der Waals surface area contributed by atoms with E-state index >= 15 is 0 Å². The second-order valence-corrected chi connectivity index (χ2v) is 11.5. The smallest absolute Gasteiger partial charge is 0.254 e. The maximum atomic E-state index is 13.3. The third-order valence-electron chi connectivity index (χ3n) is 7.96.